The Labute approximate surface area is 152 Å². The standard InChI is InChI=1S/C17H23N5O4/c1-24-13-8-11(9-14(25-2)15(13)26-3)20-16-18-10-19-17(21-16)22-6-4-12(23)5-7-22/h8-10,12,23H,4-7H2,1-3H3,(H,18,19,20,21). The molecule has 0 unspecified atom stereocenters. The molecular weight excluding hydrogens is 338 g/mol. The van der Waals surface area contributed by atoms with E-state index >= 15 is 0 Å². The molecule has 0 amide bonds. The number of aliphatic hydroxyl groups is 1. The van der Waals surface area contributed by atoms with Crippen molar-refractivity contribution in [3.05, 3.63) is 18.5 Å². The molecule has 9 nitrogen and oxygen atoms in total. The van der Waals surface area contributed by atoms with Crippen molar-refractivity contribution in [3.8, 4) is 17.2 Å². The van der Waals surface area contributed by atoms with E-state index in [4.69, 9.17) is 14.2 Å². The molecule has 1 fully saturated rings. The third-order valence-electron chi connectivity index (χ3n) is 4.23. The minimum absolute atomic E-state index is 0.245. The lowest BCUT2D eigenvalue weighted by molar-refractivity contribution is 0.145. The summed E-state index contributed by atoms with van der Waals surface area (Å²) in [5, 5.41) is 12.8. The van der Waals surface area contributed by atoms with Gasteiger partial charge in [-0.1, -0.05) is 0 Å². The van der Waals surface area contributed by atoms with Gasteiger partial charge in [0.05, 0.1) is 27.4 Å². The SMILES string of the molecule is COc1cc(Nc2ncnc(N3CCC(O)CC3)n2)cc(OC)c1OC. The van der Waals surface area contributed by atoms with Gasteiger partial charge in [0.15, 0.2) is 11.5 Å². The zero-order chi connectivity index (χ0) is 18.5. The van der Waals surface area contributed by atoms with Gasteiger partial charge in [0.25, 0.3) is 0 Å². The van der Waals surface area contributed by atoms with Gasteiger partial charge in [0, 0.05) is 30.9 Å². The van der Waals surface area contributed by atoms with Crippen molar-refractivity contribution in [3.63, 3.8) is 0 Å². The smallest absolute Gasteiger partial charge is 0.232 e. The molecule has 1 aromatic carbocycles. The highest BCUT2D eigenvalue weighted by atomic mass is 16.5. The lowest BCUT2D eigenvalue weighted by Gasteiger charge is -2.29. The predicted molar refractivity (Wildman–Crippen MR) is 96.7 cm³/mol. The molecule has 2 N–H and O–H groups in total. The fourth-order valence-corrected chi connectivity index (χ4v) is 2.85. The number of nitrogens with zero attached hydrogens (tertiary/aromatic N) is 4. The zero-order valence-electron chi connectivity index (χ0n) is 15.1. The van der Waals surface area contributed by atoms with Crippen LogP contribution in [0.4, 0.5) is 17.6 Å². The Balaban J connectivity index is 1.82. The molecule has 3 rings (SSSR count). The fourth-order valence-electron chi connectivity index (χ4n) is 2.85. The molecule has 1 aliphatic heterocycles. The Hall–Kier alpha value is -2.81. The number of anilines is 3. The first-order valence-electron chi connectivity index (χ1n) is 8.33. The van der Waals surface area contributed by atoms with E-state index in [1.54, 1.807) is 33.5 Å². The van der Waals surface area contributed by atoms with E-state index in [2.05, 4.69) is 20.3 Å². The Morgan fingerprint density at radius 1 is 1.04 bits per heavy atom. The topological polar surface area (TPSA) is 102 Å². The van der Waals surface area contributed by atoms with Crippen LogP contribution in [0.15, 0.2) is 18.5 Å². The summed E-state index contributed by atoms with van der Waals surface area (Å²) in [5.41, 5.74) is 0.700. The molecule has 26 heavy (non-hydrogen) atoms. The summed E-state index contributed by atoms with van der Waals surface area (Å²) in [4.78, 5) is 14.9. The molecule has 2 aromatic rings. The Kier molecular flexibility index (Phi) is 5.57. The van der Waals surface area contributed by atoms with Crippen LogP contribution in [0.1, 0.15) is 12.8 Å². The number of hydrogen-bond donors (Lipinski definition) is 2. The van der Waals surface area contributed by atoms with Crippen LogP contribution >= 0.6 is 0 Å². The van der Waals surface area contributed by atoms with Crippen LogP contribution in [0.3, 0.4) is 0 Å². The Morgan fingerprint density at radius 3 is 2.27 bits per heavy atom. The molecule has 0 radical (unpaired) electrons. The van der Waals surface area contributed by atoms with Crippen molar-refractivity contribution >= 4 is 17.6 Å². The Bertz CT molecular complexity index is 725. The molecule has 9 heteroatoms. The number of hydrogen-bond acceptors (Lipinski definition) is 9. The van der Waals surface area contributed by atoms with Crippen LogP contribution in [0.5, 0.6) is 17.2 Å². The van der Waals surface area contributed by atoms with E-state index in [1.807, 2.05) is 4.90 Å². The summed E-state index contributed by atoms with van der Waals surface area (Å²) in [7, 11) is 4.68. The van der Waals surface area contributed by atoms with E-state index < -0.39 is 0 Å². The minimum atomic E-state index is -0.245. The lowest BCUT2D eigenvalue weighted by Crippen LogP contribution is -2.36. The summed E-state index contributed by atoms with van der Waals surface area (Å²) in [5.74, 6) is 2.59. The van der Waals surface area contributed by atoms with Crippen LogP contribution in [0, 0.1) is 0 Å². The summed E-state index contributed by atoms with van der Waals surface area (Å²) >= 11 is 0. The van der Waals surface area contributed by atoms with E-state index in [0.29, 0.717) is 47.7 Å². The van der Waals surface area contributed by atoms with Crippen molar-refractivity contribution in [1.82, 2.24) is 15.0 Å². The molecule has 0 spiro atoms. The van der Waals surface area contributed by atoms with Crippen LogP contribution in [-0.2, 0) is 0 Å². The largest absolute Gasteiger partial charge is 0.493 e. The average molecular weight is 361 g/mol. The second kappa shape index (κ2) is 8.05. The highest BCUT2D eigenvalue weighted by Gasteiger charge is 2.20. The average Bonchev–Trinajstić information content (AvgIpc) is 2.68. The number of aliphatic hydroxyl groups excluding tert-OH is 1. The zero-order valence-corrected chi connectivity index (χ0v) is 15.1. The normalized spacial score (nSPS) is 14.8. The van der Waals surface area contributed by atoms with Gasteiger partial charge in [-0.25, -0.2) is 9.97 Å². The van der Waals surface area contributed by atoms with Gasteiger partial charge < -0.3 is 29.5 Å². The van der Waals surface area contributed by atoms with Gasteiger partial charge in [0.2, 0.25) is 17.6 Å². The van der Waals surface area contributed by atoms with Crippen molar-refractivity contribution in [2.75, 3.05) is 44.6 Å². The summed E-state index contributed by atoms with van der Waals surface area (Å²) in [6, 6.07) is 3.56. The van der Waals surface area contributed by atoms with Crippen LogP contribution in [0.25, 0.3) is 0 Å². The number of benzene rings is 1. The first kappa shape index (κ1) is 18.0. The molecule has 1 aromatic heterocycles. The number of aromatic nitrogens is 3. The molecule has 1 aliphatic rings. The maximum Gasteiger partial charge on any atom is 0.232 e. The molecular formula is C17H23N5O4. The molecule has 1 saturated heterocycles. The van der Waals surface area contributed by atoms with Crippen molar-refractivity contribution < 1.29 is 19.3 Å². The van der Waals surface area contributed by atoms with Crippen molar-refractivity contribution in [2.24, 2.45) is 0 Å². The molecule has 0 aliphatic carbocycles. The molecule has 2 heterocycles. The second-order valence-electron chi connectivity index (χ2n) is 5.87. The van der Waals surface area contributed by atoms with Crippen LogP contribution in [0.2, 0.25) is 0 Å². The van der Waals surface area contributed by atoms with Crippen molar-refractivity contribution in [1.29, 1.82) is 0 Å². The van der Waals surface area contributed by atoms with E-state index in [0.717, 1.165) is 13.1 Å². The number of piperidine rings is 1. The van der Waals surface area contributed by atoms with Gasteiger partial charge in [-0.2, -0.15) is 4.98 Å². The lowest BCUT2D eigenvalue weighted by atomic mass is 10.1. The third kappa shape index (κ3) is 3.88. The third-order valence-corrected chi connectivity index (χ3v) is 4.23. The maximum atomic E-state index is 9.64. The quantitative estimate of drug-likeness (QED) is 0.794. The molecule has 0 atom stereocenters. The molecule has 0 saturated carbocycles. The Morgan fingerprint density at radius 2 is 1.69 bits per heavy atom. The first-order chi connectivity index (χ1) is 12.6. The monoisotopic (exact) mass is 361 g/mol. The number of ether oxygens (including phenoxy) is 3. The van der Waals surface area contributed by atoms with Gasteiger partial charge in [-0.15, -0.1) is 0 Å². The molecule has 140 valence electrons. The highest BCUT2D eigenvalue weighted by molar-refractivity contribution is 5.65. The van der Waals surface area contributed by atoms with Crippen LogP contribution < -0.4 is 24.4 Å². The maximum absolute atomic E-state index is 9.64. The van der Waals surface area contributed by atoms with E-state index in [-0.39, 0.29) is 6.10 Å². The van der Waals surface area contributed by atoms with E-state index in [9.17, 15) is 5.11 Å². The van der Waals surface area contributed by atoms with Gasteiger partial charge in [-0.05, 0) is 12.8 Å². The fraction of sp³-hybridized carbons (Fsp3) is 0.471. The summed E-state index contributed by atoms with van der Waals surface area (Å²) < 4.78 is 16.0. The number of methoxy groups -OCH3 is 3. The molecule has 0 bridgehead atoms. The number of nitrogens with one attached hydrogen (secondary N) is 1. The number of rotatable bonds is 6. The summed E-state index contributed by atoms with van der Waals surface area (Å²) in [6.45, 7) is 1.43. The van der Waals surface area contributed by atoms with Crippen LogP contribution in [-0.4, -0.2) is 60.6 Å². The second-order valence-corrected chi connectivity index (χ2v) is 5.87. The predicted octanol–water partition coefficient (Wildman–Crippen LogP) is 1.60. The minimum Gasteiger partial charge on any atom is -0.493 e. The van der Waals surface area contributed by atoms with Gasteiger partial charge in [-0.3, -0.25) is 0 Å². The van der Waals surface area contributed by atoms with Gasteiger partial charge in [0.1, 0.15) is 6.33 Å². The van der Waals surface area contributed by atoms with Gasteiger partial charge >= 0.3 is 0 Å². The highest BCUT2D eigenvalue weighted by Crippen LogP contribution is 2.40. The van der Waals surface area contributed by atoms with E-state index in [1.165, 1.54) is 6.33 Å². The first-order valence-corrected chi connectivity index (χ1v) is 8.33. The van der Waals surface area contributed by atoms with Crippen molar-refractivity contribution in [2.45, 2.75) is 18.9 Å². The summed E-state index contributed by atoms with van der Waals surface area (Å²) in [6.07, 6.45) is 2.64.